The van der Waals surface area contributed by atoms with E-state index in [-0.39, 0.29) is 24.8 Å². The summed E-state index contributed by atoms with van der Waals surface area (Å²) in [6.07, 6.45) is 2.01. The second-order valence-electron chi connectivity index (χ2n) is 4.75. The van der Waals surface area contributed by atoms with Gasteiger partial charge in [0.1, 0.15) is 0 Å². The van der Waals surface area contributed by atoms with Crippen molar-refractivity contribution in [2.45, 2.75) is 31.1 Å². The number of rotatable bonds is 6. The molecule has 0 heterocycles. The van der Waals surface area contributed by atoms with Crippen molar-refractivity contribution in [1.29, 1.82) is 5.26 Å². The third-order valence-electron chi connectivity index (χ3n) is 3.06. The Morgan fingerprint density at radius 3 is 2.74 bits per heavy atom. The van der Waals surface area contributed by atoms with E-state index in [4.69, 9.17) is 11.0 Å². The summed E-state index contributed by atoms with van der Waals surface area (Å²) in [5, 5.41) is 8.62. The summed E-state index contributed by atoms with van der Waals surface area (Å²) in [6.45, 7) is 0.284. The molecule has 19 heavy (non-hydrogen) atoms. The van der Waals surface area contributed by atoms with Crippen molar-refractivity contribution in [3.8, 4) is 6.07 Å². The molecular formula is C13H17N3O2S. The van der Waals surface area contributed by atoms with Crippen LogP contribution in [-0.2, 0) is 15.8 Å². The molecule has 2 N–H and O–H groups in total. The van der Waals surface area contributed by atoms with Gasteiger partial charge in [0, 0.05) is 24.7 Å². The van der Waals surface area contributed by atoms with E-state index in [1.165, 1.54) is 4.31 Å². The molecular weight excluding hydrogens is 262 g/mol. The van der Waals surface area contributed by atoms with E-state index in [2.05, 4.69) is 0 Å². The molecule has 0 aromatic heterocycles. The first kappa shape index (κ1) is 13.8. The Hall–Kier alpha value is -1.58. The average molecular weight is 279 g/mol. The monoisotopic (exact) mass is 279 g/mol. The number of hydrogen-bond donors (Lipinski definition) is 1. The molecule has 1 fully saturated rings. The van der Waals surface area contributed by atoms with E-state index in [1.54, 1.807) is 24.3 Å². The number of sulfonamides is 1. The fourth-order valence-corrected chi connectivity index (χ4v) is 3.85. The number of nitrogen functional groups attached to an aromatic ring is 1. The molecule has 0 aliphatic heterocycles. The topological polar surface area (TPSA) is 87.2 Å². The van der Waals surface area contributed by atoms with Crippen molar-refractivity contribution < 1.29 is 8.42 Å². The van der Waals surface area contributed by atoms with E-state index in [1.807, 2.05) is 6.07 Å². The third-order valence-corrected chi connectivity index (χ3v) is 4.95. The standard InChI is InChI=1S/C13H17N3O2S/c14-7-2-8-16(13-5-6-13)19(17,18)10-11-3-1-4-12(15)9-11/h1,3-4,9,13H,2,5-6,8,10,15H2. The molecule has 1 aromatic rings. The lowest BCUT2D eigenvalue weighted by Crippen LogP contribution is -2.34. The number of nitriles is 1. The molecule has 5 nitrogen and oxygen atoms in total. The van der Waals surface area contributed by atoms with Crippen LogP contribution in [0.1, 0.15) is 24.8 Å². The van der Waals surface area contributed by atoms with Crippen LogP contribution in [0, 0.1) is 11.3 Å². The van der Waals surface area contributed by atoms with Crippen LogP contribution in [0.3, 0.4) is 0 Å². The predicted molar refractivity (Wildman–Crippen MR) is 73.4 cm³/mol. The van der Waals surface area contributed by atoms with Gasteiger partial charge in [-0.15, -0.1) is 0 Å². The predicted octanol–water partition coefficient (Wildman–Crippen LogP) is 1.48. The highest BCUT2D eigenvalue weighted by Crippen LogP contribution is 2.30. The molecule has 1 saturated carbocycles. The van der Waals surface area contributed by atoms with E-state index in [0.29, 0.717) is 11.3 Å². The smallest absolute Gasteiger partial charge is 0.218 e. The largest absolute Gasteiger partial charge is 0.399 e. The second kappa shape index (κ2) is 5.59. The summed E-state index contributed by atoms with van der Waals surface area (Å²) < 4.78 is 26.2. The zero-order valence-electron chi connectivity index (χ0n) is 10.6. The van der Waals surface area contributed by atoms with Crippen molar-refractivity contribution in [3.05, 3.63) is 29.8 Å². The van der Waals surface area contributed by atoms with Crippen molar-refractivity contribution >= 4 is 15.7 Å². The number of nitrogens with zero attached hydrogens (tertiary/aromatic N) is 2. The van der Waals surface area contributed by atoms with Gasteiger partial charge in [0.25, 0.3) is 0 Å². The van der Waals surface area contributed by atoms with Gasteiger partial charge < -0.3 is 5.73 Å². The zero-order valence-corrected chi connectivity index (χ0v) is 11.4. The van der Waals surface area contributed by atoms with Crippen LogP contribution >= 0.6 is 0 Å². The first-order chi connectivity index (χ1) is 9.03. The molecule has 0 unspecified atom stereocenters. The van der Waals surface area contributed by atoms with Gasteiger partial charge in [-0.2, -0.15) is 9.57 Å². The Kier molecular flexibility index (Phi) is 4.08. The molecule has 0 bridgehead atoms. The Morgan fingerprint density at radius 2 is 2.16 bits per heavy atom. The van der Waals surface area contributed by atoms with E-state index in [9.17, 15) is 8.42 Å². The van der Waals surface area contributed by atoms with Gasteiger partial charge in [-0.1, -0.05) is 12.1 Å². The SMILES string of the molecule is N#CCCN(C1CC1)S(=O)(=O)Cc1cccc(N)c1. The molecule has 1 aliphatic carbocycles. The molecule has 1 aromatic carbocycles. The Morgan fingerprint density at radius 1 is 1.42 bits per heavy atom. The molecule has 2 rings (SSSR count). The Bertz CT molecular complexity index is 588. The molecule has 0 spiro atoms. The minimum atomic E-state index is -3.37. The summed E-state index contributed by atoms with van der Waals surface area (Å²) in [4.78, 5) is 0. The van der Waals surface area contributed by atoms with Crippen molar-refractivity contribution in [2.75, 3.05) is 12.3 Å². The maximum absolute atomic E-state index is 12.4. The summed E-state index contributed by atoms with van der Waals surface area (Å²) in [5.74, 6) is -0.0556. The number of nitrogens with two attached hydrogens (primary N) is 1. The van der Waals surface area contributed by atoms with Crippen LogP contribution in [0.15, 0.2) is 24.3 Å². The first-order valence-electron chi connectivity index (χ1n) is 6.24. The highest BCUT2D eigenvalue weighted by Gasteiger charge is 2.36. The molecule has 1 aliphatic rings. The Labute approximate surface area is 113 Å². The second-order valence-corrected chi connectivity index (χ2v) is 6.67. The summed E-state index contributed by atoms with van der Waals surface area (Å²) in [7, 11) is -3.37. The maximum atomic E-state index is 12.4. The van der Waals surface area contributed by atoms with Crippen LogP contribution in [-0.4, -0.2) is 25.3 Å². The summed E-state index contributed by atoms with van der Waals surface area (Å²) in [5.41, 5.74) is 6.90. The van der Waals surface area contributed by atoms with Crippen LogP contribution in [0.5, 0.6) is 0 Å². The molecule has 0 saturated heterocycles. The molecule has 102 valence electrons. The van der Waals surface area contributed by atoms with Gasteiger partial charge in [0.2, 0.25) is 10.0 Å². The Balaban J connectivity index is 2.13. The average Bonchev–Trinajstić information content (AvgIpc) is 3.13. The van der Waals surface area contributed by atoms with Crippen molar-refractivity contribution in [3.63, 3.8) is 0 Å². The van der Waals surface area contributed by atoms with Crippen molar-refractivity contribution in [2.24, 2.45) is 0 Å². The summed E-state index contributed by atoms with van der Waals surface area (Å²) >= 11 is 0. The van der Waals surface area contributed by atoms with Crippen LogP contribution in [0.2, 0.25) is 0 Å². The van der Waals surface area contributed by atoms with Gasteiger partial charge in [-0.25, -0.2) is 8.42 Å². The lowest BCUT2D eigenvalue weighted by Gasteiger charge is -2.20. The molecule has 0 atom stereocenters. The van der Waals surface area contributed by atoms with Gasteiger partial charge in [0.05, 0.1) is 11.8 Å². The molecule has 0 amide bonds. The number of anilines is 1. The van der Waals surface area contributed by atoms with Crippen molar-refractivity contribution in [1.82, 2.24) is 4.31 Å². The number of benzene rings is 1. The quantitative estimate of drug-likeness (QED) is 0.799. The van der Waals surface area contributed by atoms with Crippen LogP contribution < -0.4 is 5.73 Å². The van der Waals surface area contributed by atoms with Gasteiger partial charge >= 0.3 is 0 Å². The van der Waals surface area contributed by atoms with Gasteiger partial charge in [0.15, 0.2) is 0 Å². The van der Waals surface area contributed by atoms with E-state index >= 15 is 0 Å². The normalized spacial score (nSPS) is 15.4. The lowest BCUT2D eigenvalue weighted by atomic mass is 10.2. The van der Waals surface area contributed by atoms with Crippen LogP contribution in [0.4, 0.5) is 5.69 Å². The van der Waals surface area contributed by atoms with E-state index in [0.717, 1.165) is 12.8 Å². The summed E-state index contributed by atoms with van der Waals surface area (Å²) in [6, 6.07) is 8.98. The highest BCUT2D eigenvalue weighted by atomic mass is 32.2. The number of hydrogen-bond acceptors (Lipinski definition) is 4. The fourth-order valence-electron chi connectivity index (χ4n) is 2.05. The first-order valence-corrected chi connectivity index (χ1v) is 7.85. The van der Waals surface area contributed by atoms with Gasteiger partial charge in [-0.05, 0) is 30.5 Å². The minimum Gasteiger partial charge on any atom is -0.399 e. The zero-order chi connectivity index (χ0) is 13.9. The van der Waals surface area contributed by atoms with E-state index < -0.39 is 10.0 Å². The minimum absolute atomic E-state index is 0.0556. The maximum Gasteiger partial charge on any atom is 0.218 e. The van der Waals surface area contributed by atoms with Crippen LogP contribution in [0.25, 0.3) is 0 Å². The lowest BCUT2D eigenvalue weighted by molar-refractivity contribution is 0.410. The third kappa shape index (κ3) is 3.69. The van der Waals surface area contributed by atoms with Gasteiger partial charge in [-0.3, -0.25) is 0 Å². The molecule has 0 radical (unpaired) electrons. The fraction of sp³-hybridized carbons (Fsp3) is 0.462. The molecule has 6 heteroatoms. The highest BCUT2D eigenvalue weighted by molar-refractivity contribution is 7.88.